The van der Waals surface area contributed by atoms with Gasteiger partial charge in [0.25, 0.3) is 15.9 Å². The first-order valence-corrected chi connectivity index (χ1v) is 12.3. The van der Waals surface area contributed by atoms with E-state index in [4.69, 9.17) is 5.14 Å². The molecule has 2 aromatic carbocycles. The average Bonchev–Trinajstić information content (AvgIpc) is 3.01. The Morgan fingerprint density at radius 1 is 0.933 bits per heavy atom. The van der Waals surface area contributed by atoms with Crippen LogP contribution in [-0.4, -0.2) is 27.7 Å². The van der Waals surface area contributed by atoms with Gasteiger partial charge in [-0.15, -0.1) is 0 Å². The van der Waals surface area contributed by atoms with Crippen LogP contribution in [0.4, 0.5) is 10.8 Å². The molecule has 1 amide bonds. The highest BCUT2D eigenvalue weighted by Gasteiger charge is 2.20. The summed E-state index contributed by atoms with van der Waals surface area (Å²) < 4.78 is 50.0. The van der Waals surface area contributed by atoms with Crippen molar-refractivity contribution in [3.8, 4) is 0 Å². The van der Waals surface area contributed by atoms with Crippen molar-refractivity contribution in [2.75, 3.05) is 10.0 Å². The van der Waals surface area contributed by atoms with E-state index >= 15 is 0 Å². The zero-order valence-electron chi connectivity index (χ0n) is 15.9. The summed E-state index contributed by atoms with van der Waals surface area (Å²) in [5.41, 5.74) is 1.62. The Morgan fingerprint density at radius 3 is 2.07 bits per heavy atom. The first kappa shape index (κ1) is 21.9. The van der Waals surface area contributed by atoms with Gasteiger partial charge in [-0.1, -0.05) is 29.0 Å². The molecule has 0 unspecified atom stereocenters. The van der Waals surface area contributed by atoms with E-state index in [1.807, 2.05) is 6.92 Å². The molecule has 0 spiro atoms. The average molecular weight is 467 g/mol. The number of thiazole rings is 1. The molecular weight excluding hydrogens is 448 g/mol. The van der Waals surface area contributed by atoms with Crippen molar-refractivity contribution in [2.45, 2.75) is 23.6 Å². The summed E-state index contributed by atoms with van der Waals surface area (Å²) in [6, 6.07) is 11.7. The highest BCUT2D eigenvalue weighted by molar-refractivity contribution is 7.93. The smallest absolute Gasteiger partial charge is 0.267 e. The number of aryl methyl sites for hydroxylation is 2. The number of nitrogens with one attached hydrogen (secondary N) is 2. The molecule has 0 radical (unpaired) electrons. The molecule has 4 N–H and O–H groups in total. The quantitative estimate of drug-likeness (QED) is 0.508. The van der Waals surface area contributed by atoms with E-state index in [0.29, 0.717) is 11.4 Å². The Balaban J connectivity index is 1.77. The van der Waals surface area contributed by atoms with E-state index in [-0.39, 0.29) is 19.8 Å². The SMILES string of the molecule is Cc1ccc(S(=O)(=O)Nc2nc(C)c(C(=O)Nc3ccc(S(N)(=O)=O)cc3)s2)cc1. The molecule has 0 aliphatic rings. The minimum absolute atomic E-state index is 0.0581. The lowest BCUT2D eigenvalue weighted by molar-refractivity contribution is 0.103. The van der Waals surface area contributed by atoms with Gasteiger partial charge < -0.3 is 5.32 Å². The van der Waals surface area contributed by atoms with E-state index in [2.05, 4.69) is 15.0 Å². The molecule has 1 aromatic heterocycles. The van der Waals surface area contributed by atoms with Crippen molar-refractivity contribution < 1.29 is 21.6 Å². The van der Waals surface area contributed by atoms with Gasteiger partial charge in [-0.05, 0) is 50.2 Å². The summed E-state index contributed by atoms with van der Waals surface area (Å²) in [7, 11) is -7.67. The van der Waals surface area contributed by atoms with Crippen LogP contribution >= 0.6 is 11.3 Å². The molecule has 0 aliphatic heterocycles. The highest BCUT2D eigenvalue weighted by atomic mass is 32.2. The molecule has 0 saturated carbocycles. The van der Waals surface area contributed by atoms with E-state index in [0.717, 1.165) is 16.9 Å². The number of hydrogen-bond donors (Lipinski definition) is 3. The topological polar surface area (TPSA) is 148 Å². The largest absolute Gasteiger partial charge is 0.321 e. The van der Waals surface area contributed by atoms with Gasteiger partial charge >= 0.3 is 0 Å². The zero-order chi connectivity index (χ0) is 22.1. The number of carbonyl (C=O) groups is 1. The third-order valence-electron chi connectivity index (χ3n) is 4.00. The maximum atomic E-state index is 12.5. The lowest BCUT2D eigenvalue weighted by atomic mass is 10.2. The number of rotatable bonds is 6. The fourth-order valence-electron chi connectivity index (χ4n) is 2.46. The van der Waals surface area contributed by atoms with Crippen LogP contribution in [0.3, 0.4) is 0 Å². The minimum Gasteiger partial charge on any atom is -0.321 e. The van der Waals surface area contributed by atoms with E-state index in [1.165, 1.54) is 36.4 Å². The number of primary sulfonamides is 1. The Kier molecular flexibility index (Phi) is 5.94. The predicted molar refractivity (Wildman–Crippen MR) is 115 cm³/mol. The molecule has 30 heavy (non-hydrogen) atoms. The number of aromatic nitrogens is 1. The van der Waals surface area contributed by atoms with Crippen LogP contribution in [0.2, 0.25) is 0 Å². The van der Waals surface area contributed by atoms with Crippen LogP contribution in [0.5, 0.6) is 0 Å². The van der Waals surface area contributed by atoms with Crippen LogP contribution in [-0.2, 0) is 20.0 Å². The van der Waals surface area contributed by atoms with Crippen molar-refractivity contribution in [2.24, 2.45) is 5.14 Å². The highest BCUT2D eigenvalue weighted by Crippen LogP contribution is 2.26. The summed E-state index contributed by atoms with van der Waals surface area (Å²) in [6.45, 7) is 3.43. The molecule has 0 fully saturated rings. The standard InChI is InChI=1S/C18H18N4O5S3/c1-11-3-7-15(8-4-11)30(26,27)22-18-20-12(2)16(28-18)17(23)21-13-5-9-14(10-6-13)29(19,24)25/h3-10H,1-2H3,(H,20,22)(H,21,23)(H2,19,24,25). The first-order valence-electron chi connectivity index (χ1n) is 8.47. The Labute approximate surface area is 178 Å². The number of nitrogens with two attached hydrogens (primary N) is 1. The maximum absolute atomic E-state index is 12.5. The Bertz CT molecular complexity index is 1300. The molecule has 12 heteroatoms. The lowest BCUT2D eigenvalue weighted by Crippen LogP contribution is -2.13. The summed E-state index contributed by atoms with van der Waals surface area (Å²) >= 11 is 0.890. The number of nitrogens with zero attached hydrogens (tertiary/aromatic N) is 1. The van der Waals surface area contributed by atoms with Crippen LogP contribution in [0.15, 0.2) is 58.3 Å². The van der Waals surface area contributed by atoms with Crippen LogP contribution in [0.25, 0.3) is 0 Å². The molecule has 0 atom stereocenters. The Hall–Kier alpha value is -2.80. The summed E-state index contributed by atoms with van der Waals surface area (Å²) in [6.07, 6.45) is 0. The van der Waals surface area contributed by atoms with E-state index in [9.17, 15) is 21.6 Å². The Morgan fingerprint density at radius 2 is 1.50 bits per heavy atom. The molecule has 0 aliphatic carbocycles. The summed E-state index contributed by atoms with van der Waals surface area (Å²) in [5, 5.41) is 7.71. The van der Waals surface area contributed by atoms with Crippen LogP contribution in [0, 0.1) is 13.8 Å². The zero-order valence-corrected chi connectivity index (χ0v) is 18.4. The van der Waals surface area contributed by atoms with E-state index in [1.54, 1.807) is 19.1 Å². The second kappa shape index (κ2) is 8.14. The van der Waals surface area contributed by atoms with Crippen LogP contribution in [0.1, 0.15) is 20.9 Å². The number of hydrogen-bond acceptors (Lipinski definition) is 7. The first-order chi connectivity index (χ1) is 14.0. The van der Waals surface area contributed by atoms with Gasteiger partial charge in [-0.2, -0.15) is 0 Å². The van der Waals surface area contributed by atoms with E-state index < -0.39 is 26.0 Å². The molecule has 1 heterocycles. The third-order valence-corrected chi connectivity index (χ3v) is 7.48. The number of carbonyl (C=O) groups excluding carboxylic acids is 1. The minimum atomic E-state index is -3.84. The summed E-state index contributed by atoms with van der Waals surface area (Å²) in [5.74, 6) is -0.505. The second-order valence-corrected chi connectivity index (χ2v) is 10.6. The number of anilines is 2. The normalized spacial score (nSPS) is 11.8. The third kappa shape index (κ3) is 5.02. The number of amides is 1. The summed E-state index contributed by atoms with van der Waals surface area (Å²) in [4.78, 5) is 16.9. The molecule has 9 nitrogen and oxygen atoms in total. The van der Waals surface area contributed by atoms with Gasteiger partial charge in [-0.3, -0.25) is 9.52 Å². The molecule has 0 bridgehead atoms. The molecule has 158 valence electrons. The van der Waals surface area contributed by atoms with Gasteiger partial charge in [0.05, 0.1) is 15.5 Å². The lowest BCUT2D eigenvalue weighted by Gasteiger charge is -2.05. The van der Waals surface area contributed by atoms with Gasteiger partial charge in [0.15, 0.2) is 5.13 Å². The predicted octanol–water partition coefficient (Wildman–Crippen LogP) is 2.46. The van der Waals surface area contributed by atoms with Gasteiger partial charge in [-0.25, -0.2) is 27.0 Å². The van der Waals surface area contributed by atoms with Gasteiger partial charge in [0, 0.05) is 5.69 Å². The molecule has 0 saturated heterocycles. The molecular formula is C18H18N4O5S3. The van der Waals surface area contributed by atoms with Crippen molar-refractivity contribution in [1.29, 1.82) is 0 Å². The second-order valence-electron chi connectivity index (χ2n) is 6.38. The van der Waals surface area contributed by atoms with Crippen molar-refractivity contribution in [3.63, 3.8) is 0 Å². The van der Waals surface area contributed by atoms with Crippen molar-refractivity contribution in [1.82, 2.24) is 4.98 Å². The van der Waals surface area contributed by atoms with Crippen molar-refractivity contribution >= 4 is 48.1 Å². The maximum Gasteiger partial charge on any atom is 0.267 e. The number of sulfonamides is 2. The van der Waals surface area contributed by atoms with Gasteiger partial charge in [0.1, 0.15) is 4.88 Å². The number of benzene rings is 2. The van der Waals surface area contributed by atoms with Gasteiger partial charge in [0.2, 0.25) is 10.0 Å². The fraction of sp³-hybridized carbons (Fsp3) is 0.111. The molecule has 3 aromatic rings. The van der Waals surface area contributed by atoms with Crippen molar-refractivity contribution in [3.05, 3.63) is 64.7 Å². The monoisotopic (exact) mass is 466 g/mol. The van der Waals surface area contributed by atoms with Crippen LogP contribution < -0.4 is 15.2 Å². The molecule has 3 rings (SSSR count). The fourth-order valence-corrected chi connectivity index (χ4v) is 5.07.